The Morgan fingerprint density at radius 3 is 1.73 bits per heavy atom. The minimum absolute atomic E-state index is 0.131. The number of hydrogen-bond acceptors (Lipinski definition) is 4. The maximum Gasteiger partial charge on any atom is 0.165 e. The lowest BCUT2D eigenvalue weighted by Crippen LogP contribution is -2.47. The van der Waals surface area contributed by atoms with Crippen molar-refractivity contribution in [3.05, 3.63) is 120 Å². The van der Waals surface area contributed by atoms with E-state index in [1.807, 2.05) is 74.5 Å². The Morgan fingerprint density at radius 1 is 0.756 bits per heavy atom. The molecule has 218 valence electrons. The van der Waals surface area contributed by atoms with Crippen molar-refractivity contribution in [2.75, 3.05) is 6.61 Å². The molecule has 0 saturated carbocycles. The summed E-state index contributed by atoms with van der Waals surface area (Å²) in [5.74, 6) is -0.923. The van der Waals surface area contributed by atoms with Gasteiger partial charge in [0.25, 0.3) is 0 Å². The van der Waals surface area contributed by atoms with Gasteiger partial charge >= 0.3 is 0 Å². The summed E-state index contributed by atoms with van der Waals surface area (Å²) in [5.41, 5.74) is 1.02. The van der Waals surface area contributed by atoms with Crippen LogP contribution in [0.4, 0.5) is 0 Å². The van der Waals surface area contributed by atoms with Gasteiger partial charge in [0.1, 0.15) is 11.2 Å². The van der Waals surface area contributed by atoms with Gasteiger partial charge in [0.15, 0.2) is 18.2 Å². The zero-order valence-electron chi connectivity index (χ0n) is 25.0. The molecule has 0 unspecified atom stereocenters. The van der Waals surface area contributed by atoms with Gasteiger partial charge < -0.3 is 19.0 Å². The molecule has 3 aromatic carbocycles. The zero-order chi connectivity index (χ0) is 29.0. The number of ether oxygens (including phenoxy) is 3. The number of unbranched alkanes of at least 4 members (excludes halogenated alkanes) is 7. The van der Waals surface area contributed by atoms with Crippen LogP contribution in [0.2, 0.25) is 0 Å². The number of aldehydes is 1. The van der Waals surface area contributed by atoms with Crippen LogP contribution < -0.4 is 0 Å². The van der Waals surface area contributed by atoms with Gasteiger partial charge in [-0.15, -0.1) is 0 Å². The predicted molar refractivity (Wildman–Crippen MR) is 166 cm³/mol. The number of benzene rings is 3. The molecule has 0 amide bonds. The van der Waals surface area contributed by atoms with Crippen molar-refractivity contribution < 1.29 is 19.0 Å². The first-order valence-corrected chi connectivity index (χ1v) is 15.3. The van der Waals surface area contributed by atoms with Crippen molar-refractivity contribution in [2.45, 2.75) is 95.2 Å². The van der Waals surface area contributed by atoms with E-state index in [0.29, 0.717) is 0 Å². The first-order chi connectivity index (χ1) is 20.0. The Balaban J connectivity index is 1.66. The number of allylic oxidation sites excluding steroid dienone is 1. The topological polar surface area (TPSA) is 44.8 Å². The van der Waals surface area contributed by atoms with Gasteiger partial charge in [0, 0.05) is 0 Å². The lowest BCUT2D eigenvalue weighted by Gasteiger charge is -2.39. The Labute approximate surface area is 246 Å². The molecule has 1 aliphatic rings. The average Bonchev–Trinajstić information content (AvgIpc) is 3.28. The molecule has 3 aromatic rings. The molecule has 0 N–H and O–H groups in total. The summed E-state index contributed by atoms with van der Waals surface area (Å²) in [6.45, 7) is 6.09. The maximum atomic E-state index is 12.4. The predicted octanol–water partition coefficient (Wildman–Crippen LogP) is 8.78. The van der Waals surface area contributed by atoms with Crippen LogP contribution in [0.25, 0.3) is 0 Å². The van der Waals surface area contributed by atoms with Crippen LogP contribution in [0.15, 0.2) is 103 Å². The highest BCUT2D eigenvalue weighted by atomic mass is 16.8. The summed E-state index contributed by atoms with van der Waals surface area (Å²) in [6, 6.07) is 30.8. The van der Waals surface area contributed by atoms with Crippen molar-refractivity contribution in [2.24, 2.45) is 0 Å². The fourth-order valence-corrected chi connectivity index (χ4v) is 5.87. The summed E-state index contributed by atoms with van der Waals surface area (Å²) in [7, 11) is 0. The number of carbonyl (C=O) groups is 1. The molecule has 2 atom stereocenters. The van der Waals surface area contributed by atoms with Gasteiger partial charge in [-0.1, -0.05) is 149 Å². The Hall–Kier alpha value is -3.05. The normalized spacial score (nSPS) is 20.4. The zero-order valence-corrected chi connectivity index (χ0v) is 25.0. The highest BCUT2D eigenvalue weighted by molar-refractivity contribution is 5.60. The van der Waals surface area contributed by atoms with Gasteiger partial charge in [-0.25, -0.2) is 0 Å². The Bertz CT molecular complexity index is 1110. The molecule has 0 spiro atoms. The van der Waals surface area contributed by atoms with E-state index in [1.54, 1.807) is 0 Å². The second-order valence-corrected chi connectivity index (χ2v) is 11.5. The second-order valence-electron chi connectivity index (χ2n) is 11.5. The first kappa shape index (κ1) is 30.9. The smallest absolute Gasteiger partial charge is 0.165 e. The Morgan fingerprint density at radius 2 is 1.24 bits per heavy atom. The van der Waals surface area contributed by atoms with Crippen LogP contribution >= 0.6 is 0 Å². The van der Waals surface area contributed by atoms with E-state index < -0.39 is 23.1 Å². The van der Waals surface area contributed by atoms with Gasteiger partial charge in [-0.05, 0) is 43.4 Å². The lowest BCUT2D eigenvalue weighted by atomic mass is 9.80. The van der Waals surface area contributed by atoms with Gasteiger partial charge in [0.2, 0.25) is 0 Å². The van der Waals surface area contributed by atoms with E-state index in [9.17, 15) is 4.79 Å². The Kier molecular flexibility index (Phi) is 11.1. The van der Waals surface area contributed by atoms with E-state index >= 15 is 0 Å². The summed E-state index contributed by atoms with van der Waals surface area (Å²) >= 11 is 0. The molecule has 1 saturated heterocycles. The molecule has 0 aliphatic carbocycles. The maximum absolute atomic E-state index is 12.4. The van der Waals surface area contributed by atoms with Gasteiger partial charge in [-0.2, -0.15) is 0 Å². The van der Waals surface area contributed by atoms with Crippen LogP contribution in [0.3, 0.4) is 0 Å². The molecular weight excluding hydrogens is 508 g/mol. The lowest BCUT2D eigenvalue weighted by molar-refractivity contribution is -0.170. The van der Waals surface area contributed by atoms with Crippen LogP contribution in [0.1, 0.15) is 88.8 Å². The van der Waals surface area contributed by atoms with Crippen LogP contribution in [-0.4, -0.2) is 30.4 Å². The molecule has 1 heterocycles. The molecule has 4 nitrogen and oxygen atoms in total. The highest BCUT2D eigenvalue weighted by Gasteiger charge is 2.53. The van der Waals surface area contributed by atoms with Crippen LogP contribution in [0.5, 0.6) is 0 Å². The summed E-state index contributed by atoms with van der Waals surface area (Å²) < 4.78 is 19.8. The van der Waals surface area contributed by atoms with E-state index in [2.05, 4.69) is 49.4 Å². The summed E-state index contributed by atoms with van der Waals surface area (Å²) in [5, 5.41) is 0. The van der Waals surface area contributed by atoms with E-state index in [1.165, 1.54) is 38.5 Å². The van der Waals surface area contributed by atoms with Crippen LogP contribution in [0, 0.1) is 0 Å². The molecule has 4 heteroatoms. The number of carbonyl (C=O) groups excluding carboxylic acids is 1. The van der Waals surface area contributed by atoms with Crippen molar-refractivity contribution in [3.63, 3.8) is 0 Å². The third-order valence-corrected chi connectivity index (χ3v) is 7.88. The largest absolute Gasteiger partial charge is 0.357 e. The molecule has 0 bridgehead atoms. The summed E-state index contributed by atoms with van der Waals surface area (Å²) in [6.07, 6.45) is 13.9. The van der Waals surface area contributed by atoms with Crippen molar-refractivity contribution in [1.82, 2.24) is 0 Å². The molecular formula is C37H46O4. The van der Waals surface area contributed by atoms with Gasteiger partial charge in [0.05, 0.1) is 6.61 Å². The molecule has 0 aromatic heterocycles. The summed E-state index contributed by atoms with van der Waals surface area (Å²) in [4.78, 5) is 12.4. The molecule has 1 fully saturated rings. The molecule has 0 radical (unpaired) electrons. The van der Waals surface area contributed by atoms with Gasteiger partial charge in [-0.3, -0.25) is 0 Å². The second kappa shape index (κ2) is 14.7. The molecule has 1 aliphatic heterocycles. The van der Waals surface area contributed by atoms with Crippen molar-refractivity contribution in [3.8, 4) is 0 Å². The fourth-order valence-electron chi connectivity index (χ4n) is 5.87. The number of rotatable bonds is 16. The van der Waals surface area contributed by atoms with E-state index in [-0.39, 0.29) is 6.61 Å². The third-order valence-electron chi connectivity index (χ3n) is 7.88. The standard InChI is InChI=1S/C37H46O4/c1-4-5-6-7-8-9-10-11-21-28-36(34(29-38)40-35(2,3)41-36)30-39-37(31-22-15-12-16-23-31,32-24-17-13-18-25-32)33-26-19-14-20-27-33/h12-29,34H,4-11,30H2,1-3H3/b28-21-/t34-,36-/m1/s1. The van der Waals surface area contributed by atoms with Crippen molar-refractivity contribution in [1.29, 1.82) is 0 Å². The van der Waals surface area contributed by atoms with E-state index in [0.717, 1.165) is 35.8 Å². The minimum atomic E-state index is -1.06. The molecule has 41 heavy (non-hydrogen) atoms. The fraction of sp³-hybridized carbons (Fsp3) is 0.432. The average molecular weight is 555 g/mol. The number of hydrogen-bond donors (Lipinski definition) is 0. The van der Waals surface area contributed by atoms with E-state index in [4.69, 9.17) is 14.2 Å². The highest BCUT2D eigenvalue weighted by Crippen LogP contribution is 2.44. The quantitative estimate of drug-likeness (QED) is 0.0768. The first-order valence-electron chi connectivity index (χ1n) is 15.3. The molecule has 4 rings (SSSR count). The minimum Gasteiger partial charge on any atom is -0.357 e. The SMILES string of the molecule is CCCCCCCCC/C=C\[C@]1(COC(c2ccccc2)(c2ccccc2)c2ccccc2)OC(C)(C)O[C@@H]1C=O. The van der Waals surface area contributed by atoms with Crippen molar-refractivity contribution >= 4 is 6.29 Å². The third kappa shape index (κ3) is 7.62. The monoisotopic (exact) mass is 554 g/mol. The van der Waals surface area contributed by atoms with Crippen LogP contribution in [-0.2, 0) is 24.6 Å².